The van der Waals surface area contributed by atoms with E-state index >= 15 is 0 Å². The lowest BCUT2D eigenvalue weighted by Gasteiger charge is -2.06. The van der Waals surface area contributed by atoms with Gasteiger partial charge in [-0.3, -0.25) is 0 Å². The number of anilines is 1. The second-order valence-electron chi connectivity index (χ2n) is 2.74. The summed E-state index contributed by atoms with van der Waals surface area (Å²) in [5.74, 6) is -0.331. The van der Waals surface area contributed by atoms with E-state index in [4.69, 9.17) is 0 Å². The van der Waals surface area contributed by atoms with Crippen LogP contribution in [0, 0.1) is 12.7 Å². The smallest absolute Gasteiger partial charge is 0.255 e. The maximum Gasteiger partial charge on any atom is 0.255 e. The van der Waals surface area contributed by atoms with Gasteiger partial charge in [-0.15, -0.1) is 0 Å². The Morgan fingerprint density at radius 2 is 2.08 bits per heavy atom. The summed E-state index contributed by atoms with van der Waals surface area (Å²) >= 11 is 0. The average molecular weight is 189 g/mol. The highest BCUT2D eigenvalue weighted by Gasteiger charge is 2.02. The molecule has 0 saturated carbocycles. The van der Waals surface area contributed by atoms with E-state index in [1.165, 1.54) is 18.2 Å². The van der Waals surface area contributed by atoms with E-state index in [0.717, 1.165) is 0 Å². The first-order valence-corrected chi connectivity index (χ1v) is 3.88. The molecule has 0 spiro atoms. The molecule has 0 bridgehead atoms. The standard InChI is InChI=1S/C9H10F3N/c1-6-4-7(2-3-8(6)10)13-5-9(11)12/h2-4,9,13H,5H2,1H3. The van der Waals surface area contributed by atoms with Gasteiger partial charge >= 0.3 is 0 Å². The first-order chi connectivity index (χ1) is 6.09. The Morgan fingerprint density at radius 3 is 2.62 bits per heavy atom. The fourth-order valence-electron chi connectivity index (χ4n) is 0.950. The van der Waals surface area contributed by atoms with Gasteiger partial charge in [0.1, 0.15) is 5.82 Å². The van der Waals surface area contributed by atoms with Crippen molar-refractivity contribution in [3.63, 3.8) is 0 Å². The van der Waals surface area contributed by atoms with Crippen LogP contribution in [0.2, 0.25) is 0 Å². The Bertz CT molecular complexity index is 286. The minimum absolute atomic E-state index is 0.331. The number of hydrogen-bond acceptors (Lipinski definition) is 1. The van der Waals surface area contributed by atoms with Gasteiger partial charge in [0, 0.05) is 5.69 Å². The minimum atomic E-state index is -2.40. The predicted octanol–water partition coefficient (Wildman–Crippen LogP) is 2.81. The highest BCUT2D eigenvalue weighted by Crippen LogP contribution is 2.13. The molecule has 0 heterocycles. The van der Waals surface area contributed by atoms with E-state index in [2.05, 4.69) is 5.32 Å². The Morgan fingerprint density at radius 1 is 1.38 bits per heavy atom. The summed E-state index contributed by atoms with van der Waals surface area (Å²) in [4.78, 5) is 0. The van der Waals surface area contributed by atoms with Crippen LogP contribution in [0.4, 0.5) is 18.9 Å². The molecule has 13 heavy (non-hydrogen) atoms. The van der Waals surface area contributed by atoms with Gasteiger partial charge in [-0.25, -0.2) is 13.2 Å². The van der Waals surface area contributed by atoms with Crippen molar-refractivity contribution in [1.29, 1.82) is 0 Å². The lowest BCUT2D eigenvalue weighted by atomic mass is 10.2. The summed E-state index contributed by atoms with van der Waals surface area (Å²) in [5.41, 5.74) is 0.957. The number of benzene rings is 1. The largest absolute Gasteiger partial charge is 0.379 e. The number of aryl methyl sites for hydroxylation is 1. The third-order valence-corrected chi connectivity index (χ3v) is 1.62. The van der Waals surface area contributed by atoms with Crippen LogP contribution in [0.1, 0.15) is 5.56 Å². The van der Waals surface area contributed by atoms with Crippen LogP contribution in [-0.2, 0) is 0 Å². The molecular weight excluding hydrogens is 179 g/mol. The number of rotatable bonds is 3. The van der Waals surface area contributed by atoms with Gasteiger partial charge in [0.2, 0.25) is 0 Å². The molecule has 1 aromatic carbocycles. The normalized spacial score (nSPS) is 10.5. The molecule has 1 rings (SSSR count). The first-order valence-electron chi connectivity index (χ1n) is 3.88. The van der Waals surface area contributed by atoms with Gasteiger partial charge in [-0.2, -0.15) is 0 Å². The monoisotopic (exact) mass is 189 g/mol. The molecule has 0 saturated heterocycles. The molecule has 4 heteroatoms. The molecule has 1 nitrogen and oxygen atoms in total. The molecule has 1 N–H and O–H groups in total. The maximum atomic E-state index is 12.7. The average Bonchev–Trinajstić information content (AvgIpc) is 2.07. The van der Waals surface area contributed by atoms with Gasteiger partial charge in [0.05, 0.1) is 6.54 Å². The van der Waals surface area contributed by atoms with Crippen LogP contribution in [0.3, 0.4) is 0 Å². The fraction of sp³-hybridized carbons (Fsp3) is 0.333. The molecule has 0 aromatic heterocycles. The molecule has 0 fully saturated rings. The lowest BCUT2D eigenvalue weighted by Crippen LogP contribution is -2.10. The second-order valence-corrected chi connectivity index (χ2v) is 2.74. The van der Waals surface area contributed by atoms with Crippen LogP contribution in [-0.4, -0.2) is 13.0 Å². The van der Waals surface area contributed by atoms with Crippen molar-refractivity contribution in [2.24, 2.45) is 0 Å². The Kier molecular flexibility index (Phi) is 3.17. The topological polar surface area (TPSA) is 12.0 Å². The van der Waals surface area contributed by atoms with Crippen LogP contribution in [0.5, 0.6) is 0 Å². The van der Waals surface area contributed by atoms with Crippen molar-refractivity contribution in [2.75, 3.05) is 11.9 Å². The van der Waals surface area contributed by atoms with Crippen molar-refractivity contribution in [3.8, 4) is 0 Å². The summed E-state index contributed by atoms with van der Waals surface area (Å²) in [6.45, 7) is 1.17. The zero-order valence-electron chi connectivity index (χ0n) is 7.15. The zero-order valence-corrected chi connectivity index (χ0v) is 7.15. The van der Waals surface area contributed by atoms with Gasteiger partial charge in [-0.05, 0) is 30.7 Å². The van der Waals surface area contributed by atoms with Gasteiger partial charge in [0.15, 0.2) is 0 Å². The summed E-state index contributed by atoms with van der Waals surface area (Å²) in [6, 6.07) is 4.19. The van der Waals surface area contributed by atoms with Gasteiger partial charge in [0.25, 0.3) is 6.43 Å². The number of nitrogens with one attached hydrogen (secondary N) is 1. The maximum absolute atomic E-state index is 12.7. The molecule has 0 aliphatic heterocycles. The number of alkyl halides is 2. The van der Waals surface area contributed by atoms with Crippen LogP contribution in [0.15, 0.2) is 18.2 Å². The summed E-state index contributed by atoms with van der Waals surface area (Å²) in [5, 5.41) is 2.50. The van der Waals surface area contributed by atoms with Crippen LogP contribution >= 0.6 is 0 Å². The lowest BCUT2D eigenvalue weighted by molar-refractivity contribution is 0.163. The molecule has 0 amide bonds. The SMILES string of the molecule is Cc1cc(NCC(F)F)ccc1F. The molecule has 0 radical (unpaired) electrons. The molecule has 0 aliphatic carbocycles. The molecule has 72 valence electrons. The second kappa shape index (κ2) is 4.16. The molecule has 0 atom stereocenters. The summed E-state index contributed by atoms with van der Waals surface area (Å²) < 4.78 is 36.2. The van der Waals surface area contributed by atoms with Gasteiger partial charge < -0.3 is 5.32 Å². The van der Waals surface area contributed by atoms with Crippen molar-refractivity contribution in [3.05, 3.63) is 29.6 Å². The van der Waals surface area contributed by atoms with E-state index < -0.39 is 13.0 Å². The van der Waals surface area contributed by atoms with Crippen LogP contribution < -0.4 is 5.32 Å². The van der Waals surface area contributed by atoms with E-state index in [-0.39, 0.29) is 5.82 Å². The highest BCUT2D eigenvalue weighted by molar-refractivity contribution is 5.45. The number of hydrogen-bond donors (Lipinski definition) is 1. The van der Waals surface area contributed by atoms with Crippen molar-refractivity contribution < 1.29 is 13.2 Å². The highest BCUT2D eigenvalue weighted by atomic mass is 19.3. The van der Waals surface area contributed by atoms with E-state index in [1.807, 2.05) is 0 Å². The molecular formula is C9H10F3N. The van der Waals surface area contributed by atoms with E-state index in [9.17, 15) is 13.2 Å². The fourth-order valence-corrected chi connectivity index (χ4v) is 0.950. The minimum Gasteiger partial charge on any atom is -0.379 e. The van der Waals surface area contributed by atoms with E-state index in [1.54, 1.807) is 6.92 Å². The van der Waals surface area contributed by atoms with Gasteiger partial charge in [-0.1, -0.05) is 0 Å². The predicted molar refractivity (Wildman–Crippen MR) is 45.6 cm³/mol. The zero-order chi connectivity index (χ0) is 9.84. The third-order valence-electron chi connectivity index (χ3n) is 1.62. The van der Waals surface area contributed by atoms with E-state index in [0.29, 0.717) is 11.3 Å². The Balaban J connectivity index is 2.63. The summed E-state index contributed by atoms with van der Waals surface area (Å²) in [6.07, 6.45) is -2.40. The van der Waals surface area contributed by atoms with Crippen molar-refractivity contribution >= 4 is 5.69 Å². The quantitative estimate of drug-likeness (QED) is 0.770. The van der Waals surface area contributed by atoms with Crippen molar-refractivity contribution in [1.82, 2.24) is 0 Å². The third kappa shape index (κ3) is 2.97. The molecule has 1 aromatic rings. The summed E-state index contributed by atoms with van der Waals surface area (Å²) in [7, 11) is 0. The van der Waals surface area contributed by atoms with Crippen LogP contribution in [0.25, 0.3) is 0 Å². The Labute approximate surface area is 74.6 Å². The molecule has 0 aliphatic rings. The Hall–Kier alpha value is -1.19. The number of halogens is 3. The molecule has 0 unspecified atom stereocenters. The first kappa shape index (κ1) is 9.89. The van der Waals surface area contributed by atoms with Crippen molar-refractivity contribution in [2.45, 2.75) is 13.3 Å².